The minimum absolute atomic E-state index is 0.168. The Hall–Kier alpha value is -4.17. The van der Waals surface area contributed by atoms with E-state index in [1.807, 2.05) is 55.5 Å². The van der Waals surface area contributed by atoms with Crippen LogP contribution in [-0.4, -0.2) is 25.6 Å². The van der Waals surface area contributed by atoms with Gasteiger partial charge in [0.05, 0.1) is 22.1 Å². The fourth-order valence-electron chi connectivity index (χ4n) is 4.60. The molecule has 0 saturated heterocycles. The lowest BCUT2D eigenvalue weighted by Crippen LogP contribution is -2.27. The van der Waals surface area contributed by atoms with Crippen LogP contribution in [0.5, 0.6) is 0 Å². The first-order valence-corrected chi connectivity index (χ1v) is 12.2. The molecule has 0 radical (unpaired) electrons. The van der Waals surface area contributed by atoms with Crippen molar-refractivity contribution >= 4 is 44.9 Å². The maximum atomic E-state index is 14.1. The van der Waals surface area contributed by atoms with Crippen LogP contribution in [-0.2, 0) is 0 Å². The molecule has 9 heteroatoms. The first-order chi connectivity index (χ1) is 17.5. The molecular weight excluding hydrogens is 476 g/mol. The Kier molecular flexibility index (Phi) is 5.45. The second-order valence-corrected chi connectivity index (χ2v) is 9.35. The third-order valence-corrected chi connectivity index (χ3v) is 6.84. The average Bonchev–Trinajstić information content (AvgIpc) is 3.70. The minimum Gasteiger partial charge on any atom is -0.382 e. The molecule has 5 aromatic rings. The number of para-hydroxylation sites is 1. The predicted molar refractivity (Wildman–Crippen MR) is 143 cm³/mol. The van der Waals surface area contributed by atoms with Crippen LogP contribution in [0.15, 0.2) is 76.7 Å². The number of benzene rings is 2. The minimum atomic E-state index is -0.479. The van der Waals surface area contributed by atoms with E-state index in [0.29, 0.717) is 50.1 Å². The van der Waals surface area contributed by atoms with E-state index in [4.69, 9.17) is 11.6 Å². The molecule has 1 aliphatic carbocycles. The molecule has 1 fully saturated rings. The zero-order chi connectivity index (χ0) is 24.8. The zero-order valence-electron chi connectivity index (χ0n) is 19.5. The lowest BCUT2D eigenvalue weighted by molar-refractivity contribution is 0.774. The maximum Gasteiger partial charge on any atom is 0.265 e. The number of aromatic amines is 1. The number of hydrogen-bond donors (Lipinski definition) is 3. The molecule has 3 aromatic heterocycles. The van der Waals surface area contributed by atoms with Crippen molar-refractivity contribution in [3.8, 4) is 5.69 Å². The van der Waals surface area contributed by atoms with Gasteiger partial charge in [0.15, 0.2) is 5.43 Å². The van der Waals surface area contributed by atoms with Crippen molar-refractivity contribution in [2.45, 2.75) is 31.8 Å². The van der Waals surface area contributed by atoms with Gasteiger partial charge in [0.25, 0.3) is 5.56 Å². The summed E-state index contributed by atoms with van der Waals surface area (Å²) >= 11 is 7.08. The van der Waals surface area contributed by atoms with Crippen molar-refractivity contribution in [1.29, 1.82) is 0 Å². The first-order valence-electron chi connectivity index (χ1n) is 11.8. The molecule has 0 spiro atoms. The number of pyridine rings is 2. The predicted octanol–water partition coefficient (Wildman–Crippen LogP) is 5.02. The van der Waals surface area contributed by atoms with Gasteiger partial charge in [0.1, 0.15) is 23.2 Å². The third kappa shape index (κ3) is 3.79. The van der Waals surface area contributed by atoms with Crippen molar-refractivity contribution in [3.05, 3.63) is 98.4 Å². The molecule has 0 bridgehead atoms. The van der Waals surface area contributed by atoms with Crippen molar-refractivity contribution in [3.63, 3.8) is 0 Å². The molecule has 6 rings (SSSR count). The average molecular weight is 499 g/mol. The summed E-state index contributed by atoms with van der Waals surface area (Å²) in [6.45, 7) is 1.89. The number of halogens is 1. The highest BCUT2D eigenvalue weighted by Gasteiger charge is 2.26. The summed E-state index contributed by atoms with van der Waals surface area (Å²) < 4.78 is 1.65. The second kappa shape index (κ2) is 8.80. The standard InChI is InChI=1S/C27H23ClN6O2/c1-15(32-26-22-20(35)12-13-29-25(22)30-14-31-26)24-23(28)18-8-5-9-19(33-16-10-11-16)21(18)27(36)34(24)17-6-3-2-4-7-17/h2-9,12-16,33H,10-11H2,1H3,(H2,29,30,31,32,35)/t15-/m0/s1. The van der Waals surface area contributed by atoms with Crippen LogP contribution < -0.4 is 21.6 Å². The highest BCUT2D eigenvalue weighted by molar-refractivity contribution is 6.36. The summed E-state index contributed by atoms with van der Waals surface area (Å²) in [6, 6.07) is 16.4. The Labute approximate surface area is 211 Å². The molecule has 1 saturated carbocycles. The lowest BCUT2D eigenvalue weighted by atomic mass is 10.1. The van der Waals surface area contributed by atoms with E-state index in [9.17, 15) is 9.59 Å². The summed E-state index contributed by atoms with van der Waals surface area (Å²) in [5.74, 6) is 0.363. The van der Waals surface area contributed by atoms with E-state index in [2.05, 4.69) is 25.6 Å². The van der Waals surface area contributed by atoms with E-state index >= 15 is 0 Å². The van der Waals surface area contributed by atoms with Crippen molar-refractivity contribution in [1.82, 2.24) is 19.5 Å². The Morgan fingerprint density at radius 3 is 2.61 bits per heavy atom. The van der Waals surface area contributed by atoms with Crippen LogP contribution in [0.1, 0.15) is 31.5 Å². The third-order valence-electron chi connectivity index (χ3n) is 6.45. The SMILES string of the molecule is C[C@H](Nc1ncnc2[nH]ccc(=O)c12)c1c(Cl)c2cccc(NC3CC3)c2c(=O)n1-c1ccccc1. The van der Waals surface area contributed by atoms with Gasteiger partial charge in [-0.05, 0) is 38.0 Å². The lowest BCUT2D eigenvalue weighted by Gasteiger charge is -2.24. The normalized spacial score (nSPS) is 14.2. The van der Waals surface area contributed by atoms with Gasteiger partial charge in [-0.1, -0.05) is 41.9 Å². The number of aromatic nitrogens is 4. The first kappa shape index (κ1) is 22.3. The molecule has 1 aliphatic rings. The van der Waals surface area contributed by atoms with E-state index < -0.39 is 6.04 Å². The Balaban J connectivity index is 1.58. The van der Waals surface area contributed by atoms with Crippen LogP contribution in [0.2, 0.25) is 5.02 Å². The summed E-state index contributed by atoms with van der Waals surface area (Å²) in [5, 5.41) is 8.82. The molecule has 0 unspecified atom stereocenters. The number of hydrogen-bond acceptors (Lipinski definition) is 6. The molecule has 3 heterocycles. The summed E-state index contributed by atoms with van der Waals surface area (Å²) in [4.78, 5) is 38.2. The molecule has 36 heavy (non-hydrogen) atoms. The van der Waals surface area contributed by atoms with Crippen molar-refractivity contribution in [2.24, 2.45) is 0 Å². The van der Waals surface area contributed by atoms with Crippen LogP contribution in [0.25, 0.3) is 27.5 Å². The molecule has 1 atom stereocenters. The number of anilines is 2. The summed E-state index contributed by atoms with van der Waals surface area (Å²) in [6.07, 6.45) is 5.10. The number of fused-ring (bicyclic) bond motifs is 2. The molecule has 0 amide bonds. The highest BCUT2D eigenvalue weighted by atomic mass is 35.5. The van der Waals surface area contributed by atoms with Crippen LogP contribution in [0.3, 0.4) is 0 Å². The fourth-order valence-corrected chi connectivity index (χ4v) is 5.00. The van der Waals surface area contributed by atoms with Gasteiger partial charge in [0, 0.05) is 35.1 Å². The van der Waals surface area contributed by atoms with Gasteiger partial charge in [-0.25, -0.2) is 9.97 Å². The number of H-pyrrole nitrogens is 1. The van der Waals surface area contributed by atoms with Crippen molar-refractivity contribution in [2.75, 3.05) is 10.6 Å². The molecule has 180 valence electrons. The van der Waals surface area contributed by atoms with E-state index in [1.54, 1.807) is 10.8 Å². The molecule has 0 aliphatic heterocycles. The topological polar surface area (TPSA) is 105 Å². The molecule has 3 N–H and O–H groups in total. The number of rotatable bonds is 6. The van der Waals surface area contributed by atoms with E-state index in [0.717, 1.165) is 18.5 Å². The number of nitrogens with zero attached hydrogens (tertiary/aromatic N) is 3. The Morgan fingerprint density at radius 1 is 1.03 bits per heavy atom. The maximum absolute atomic E-state index is 14.1. The highest BCUT2D eigenvalue weighted by Crippen LogP contribution is 2.36. The Bertz CT molecular complexity index is 1720. The summed E-state index contributed by atoms with van der Waals surface area (Å²) in [7, 11) is 0. The van der Waals surface area contributed by atoms with Crippen LogP contribution in [0, 0.1) is 0 Å². The zero-order valence-corrected chi connectivity index (χ0v) is 20.2. The molecular formula is C27H23ClN6O2. The van der Waals surface area contributed by atoms with Gasteiger partial charge in [-0.15, -0.1) is 0 Å². The van der Waals surface area contributed by atoms with Gasteiger partial charge < -0.3 is 15.6 Å². The van der Waals surface area contributed by atoms with E-state index in [-0.39, 0.29) is 11.0 Å². The molecule has 8 nitrogen and oxygen atoms in total. The summed E-state index contributed by atoms with van der Waals surface area (Å²) in [5.41, 5.74) is 2.10. The number of nitrogens with one attached hydrogen (secondary N) is 3. The molecule has 2 aromatic carbocycles. The van der Waals surface area contributed by atoms with Gasteiger partial charge in [-0.2, -0.15) is 0 Å². The van der Waals surface area contributed by atoms with Crippen molar-refractivity contribution < 1.29 is 0 Å². The monoisotopic (exact) mass is 498 g/mol. The largest absolute Gasteiger partial charge is 0.382 e. The fraction of sp³-hybridized carbons (Fsp3) is 0.185. The van der Waals surface area contributed by atoms with Gasteiger partial charge >= 0.3 is 0 Å². The van der Waals surface area contributed by atoms with Crippen LogP contribution in [0.4, 0.5) is 11.5 Å². The second-order valence-electron chi connectivity index (χ2n) is 8.98. The van der Waals surface area contributed by atoms with Gasteiger partial charge in [-0.3, -0.25) is 14.2 Å². The van der Waals surface area contributed by atoms with E-state index in [1.165, 1.54) is 12.4 Å². The quantitative estimate of drug-likeness (QED) is 0.303. The van der Waals surface area contributed by atoms with Crippen LogP contribution >= 0.6 is 11.6 Å². The smallest absolute Gasteiger partial charge is 0.265 e. The Morgan fingerprint density at radius 2 is 1.83 bits per heavy atom. The van der Waals surface area contributed by atoms with Gasteiger partial charge in [0.2, 0.25) is 0 Å².